The molecule has 4 aliphatic rings. The third-order valence-electron chi connectivity index (χ3n) is 8.31. The first-order chi connectivity index (χ1) is 16.2. The molecule has 1 aromatic heterocycles. The van der Waals surface area contributed by atoms with Gasteiger partial charge in [0.25, 0.3) is 5.91 Å². The Morgan fingerprint density at radius 2 is 2.06 bits per heavy atom. The van der Waals surface area contributed by atoms with Gasteiger partial charge in [0.1, 0.15) is 17.9 Å². The zero-order valence-electron chi connectivity index (χ0n) is 20.2. The smallest absolute Gasteiger partial charge is 0.431 e. The Bertz CT molecular complexity index is 1080. The fourth-order valence-electron chi connectivity index (χ4n) is 6.54. The van der Waals surface area contributed by atoms with E-state index in [2.05, 4.69) is 25.8 Å². The molecule has 3 aliphatic heterocycles. The zero-order valence-corrected chi connectivity index (χ0v) is 20.2. The molecule has 4 heterocycles. The number of carbonyl (C=O) groups is 3. The maximum absolute atomic E-state index is 13.4. The molecule has 4 fully saturated rings. The predicted octanol–water partition coefficient (Wildman–Crippen LogP) is 2.24. The lowest BCUT2D eigenvalue weighted by Gasteiger charge is -2.38. The van der Waals surface area contributed by atoms with E-state index < -0.39 is 12.2 Å². The second kappa shape index (κ2) is 8.35. The molecule has 0 spiro atoms. The van der Waals surface area contributed by atoms with Crippen LogP contribution >= 0.6 is 0 Å². The molecule has 0 aromatic carbocycles. The van der Waals surface area contributed by atoms with Crippen molar-refractivity contribution in [3.05, 3.63) is 23.5 Å². The number of fused-ring (bicyclic) bond motifs is 5. The van der Waals surface area contributed by atoms with Gasteiger partial charge in [0.2, 0.25) is 0 Å². The first-order valence-electron chi connectivity index (χ1n) is 12.3. The third kappa shape index (κ3) is 3.47. The standard InChI is InChI=1S/C25H31N5O4/c1-13(2)18-6-5-14(3)7-20(18)34-25(33)28-12-16-9-21(28)30-22(16)23(31)29(24(30)32)17-8-15(4)19(10-26)27-11-17/h8,11,13-14,16,18,20-22H,5-7,9,12H2,1-4H3/p+1/t14-,16?,18+,20-,21?,22-/m0/s1. The van der Waals surface area contributed by atoms with Crippen LogP contribution in [0.3, 0.4) is 0 Å². The molecular formula is C25H32N5O4+. The van der Waals surface area contributed by atoms with Crippen LogP contribution in [0.25, 0.3) is 0 Å². The summed E-state index contributed by atoms with van der Waals surface area (Å²) in [7, 11) is 0. The number of nitriles is 1. The van der Waals surface area contributed by atoms with E-state index in [0.29, 0.717) is 46.9 Å². The van der Waals surface area contributed by atoms with Crippen molar-refractivity contribution in [1.29, 1.82) is 5.26 Å². The number of hydrogen-bond donors (Lipinski definition) is 1. The van der Waals surface area contributed by atoms with E-state index in [0.717, 1.165) is 19.3 Å². The number of ether oxygens (including phenoxy) is 1. The summed E-state index contributed by atoms with van der Waals surface area (Å²) < 4.78 is 6.06. The van der Waals surface area contributed by atoms with Gasteiger partial charge < -0.3 is 4.74 Å². The number of rotatable bonds is 3. The quantitative estimate of drug-likeness (QED) is 0.685. The zero-order chi connectivity index (χ0) is 24.3. The summed E-state index contributed by atoms with van der Waals surface area (Å²) >= 11 is 0. The lowest BCUT2D eigenvalue weighted by Crippen LogP contribution is -3.20. The van der Waals surface area contributed by atoms with Crippen LogP contribution in [-0.2, 0) is 9.53 Å². The number of hydrogen-bond acceptors (Lipinski definition) is 6. The number of likely N-dealkylation sites (tertiary alicyclic amines) is 1. The van der Waals surface area contributed by atoms with Gasteiger partial charge in [-0.3, -0.25) is 9.69 Å². The number of quaternary nitrogens is 1. The van der Waals surface area contributed by atoms with Crippen molar-refractivity contribution < 1.29 is 24.0 Å². The van der Waals surface area contributed by atoms with Gasteiger partial charge >= 0.3 is 12.1 Å². The summed E-state index contributed by atoms with van der Waals surface area (Å²) in [6.07, 6.45) is 4.23. The Balaban J connectivity index is 1.34. The second-order valence-electron chi connectivity index (χ2n) is 10.8. The number of imide groups is 1. The van der Waals surface area contributed by atoms with Crippen molar-refractivity contribution >= 4 is 23.7 Å². The highest BCUT2D eigenvalue weighted by atomic mass is 16.6. The molecule has 180 valence electrons. The monoisotopic (exact) mass is 466 g/mol. The summed E-state index contributed by atoms with van der Waals surface area (Å²) in [6.45, 7) is 8.72. The van der Waals surface area contributed by atoms with E-state index in [9.17, 15) is 14.4 Å². The van der Waals surface area contributed by atoms with Crippen molar-refractivity contribution in [2.45, 2.75) is 71.7 Å². The summed E-state index contributed by atoms with van der Waals surface area (Å²) in [6, 6.07) is 2.79. The minimum atomic E-state index is -0.490. The molecule has 7 atom stereocenters. The Morgan fingerprint density at radius 3 is 2.74 bits per heavy atom. The molecule has 34 heavy (non-hydrogen) atoms. The summed E-state index contributed by atoms with van der Waals surface area (Å²) in [5, 5.41) is 9.13. The van der Waals surface area contributed by atoms with Gasteiger partial charge in [0, 0.05) is 18.9 Å². The number of nitrogens with zero attached hydrogens (tertiary/aromatic N) is 4. The maximum atomic E-state index is 13.4. The molecule has 1 aliphatic carbocycles. The topological polar surface area (TPSA) is 108 Å². The highest BCUT2D eigenvalue weighted by Crippen LogP contribution is 2.38. The highest BCUT2D eigenvalue weighted by Gasteiger charge is 2.68. The molecular weight excluding hydrogens is 434 g/mol. The van der Waals surface area contributed by atoms with Crippen molar-refractivity contribution in [2.24, 2.45) is 23.7 Å². The summed E-state index contributed by atoms with van der Waals surface area (Å²) in [4.78, 5) is 47.3. The van der Waals surface area contributed by atoms with E-state index in [4.69, 9.17) is 10.00 Å². The SMILES string of the molecule is Cc1cc(N2C(=O)[C@@H]3C4CC(N(C(=O)O[C@H]5C[C@@H](C)CC[C@@H]5C(C)C)C4)[NH+]3C2=O)cnc1C#N. The normalized spacial score (nSPS) is 34.5. The van der Waals surface area contributed by atoms with Gasteiger partial charge in [-0.25, -0.2) is 19.5 Å². The lowest BCUT2D eigenvalue weighted by molar-refractivity contribution is -0.856. The van der Waals surface area contributed by atoms with Crippen molar-refractivity contribution in [1.82, 2.24) is 9.88 Å². The predicted molar refractivity (Wildman–Crippen MR) is 122 cm³/mol. The van der Waals surface area contributed by atoms with Gasteiger partial charge in [0.05, 0.1) is 11.9 Å². The summed E-state index contributed by atoms with van der Waals surface area (Å²) in [5.74, 6) is 0.970. The molecule has 5 rings (SSSR count). The molecule has 4 amide bonds. The molecule has 1 aromatic rings. The molecule has 1 N–H and O–H groups in total. The number of aryl methyl sites for hydroxylation is 1. The minimum Gasteiger partial charge on any atom is -0.446 e. The second-order valence-corrected chi connectivity index (χ2v) is 10.8. The van der Waals surface area contributed by atoms with E-state index in [1.807, 2.05) is 6.07 Å². The first-order valence-corrected chi connectivity index (χ1v) is 12.3. The van der Waals surface area contributed by atoms with E-state index in [1.165, 1.54) is 11.1 Å². The molecule has 1 saturated carbocycles. The third-order valence-corrected chi connectivity index (χ3v) is 8.31. The van der Waals surface area contributed by atoms with Crippen molar-refractivity contribution in [2.75, 3.05) is 11.4 Å². The van der Waals surface area contributed by atoms with Gasteiger partial charge in [-0.1, -0.05) is 27.2 Å². The number of pyridine rings is 1. The van der Waals surface area contributed by atoms with Gasteiger partial charge in [-0.15, -0.1) is 0 Å². The van der Waals surface area contributed by atoms with Crippen LogP contribution in [0.4, 0.5) is 15.3 Å². The van der Waals surface area contributed by atoms with Crippen LogP contribution < -0.4 is 9.80 Å². The number of nitrogens with one attached hydrogen (secondary N) is 1. The van der Waals surface area contributed by atoms with Gasteiger partial charge in [0.15, 0.2) is 12.2 Å². The lowest BCUT2D eigenvalue weighted by atomic mass is 9.75. The van der Waals surface area contributed by atoms with Crippen molar-refractivity contribution in [3.8, 4) is 6.07 Å². The molecule has 3 saturated heterocycles. The number of anilines is 1. The minimum absolute atomic E-state index is 0.0763. The number of aromatic nitrogens is 1. The van der Waals surface area contributed by atoms with E-state index in [1.54, 1.807) is 17.9 Å². The van der Waals surface area contributed by atoms with Crippen LogP contribution in [0.1, 0.15) is 57.7 Å². The molecule has 2 bridgehead atoms. The van der Waals surface area contributed by atoms with Crippen LogP contribution in [0.2, 0.25) is 0 Å². The van der Waals surface area contributed by atoms with E-state index >= 15 is 0 Å². The van der Waals surface area contributed by atoms with Gasteiger partial charge in [-0.05, 0) is 49.1 Å². The average Bonchev–Trinajstić information content (AvgIpc) is 3.45. The van der Waals surface area contributed by atoms with Crippen molar-refractivity contribution in [3.63, 3.8) is 0 Å². The molecule has 3 unspecified atom stereocenters. The van der Waals surface area contributed by atoms with Crippen LogP contribution in [0.5, 0.6) is 0 Å². The van der Waals surface area contributed by atoms with Crippen LogP contribution in [0, 0.1) is 41.9 Å². The molecule has 0 radical (unpaired) electrons. The average molecular weight is 467 g/mol. The Labute approximate surface area is 199 Å². The first kappa shape index (κ1) is 22.8. The molecule has 9 nitrogen and oxygen atoms in total. The van der Waals surface area contributed by atoms with Crippen LogP contribution in [0.15, 0.2) is 12.3 Å². The summed E-state index contributed by atoms with van der Waals surface area (Å²) in [5.41, 5.74) is 1.25. The maximum Gasteiger partial charge on any atom is 0.431 e. The number of carbonyl (C=O) groups excluding carboxylic acids is 3. The molecule has 9 heteroatoms. The largest absolute Gasteiger partial charge is 0.446 e. The Kier molecular flexibility index (Phi) is 5.59. The fraction of sp³-hybridized carbons (Fsp3) is 0.640. The van der Waals surface area contributed by atoms with Crippen LogP contribution in [-0.4, -0.2) is 52.8 Å². The number of amides is 4. The fourth-order valence-corrected chi connectivity index (χ4v) is 6.54. The Hall–Kier alpha value is -2.99. The van der Waals surface area contributed by atoms with E-state index in [-0.39, 0.29) is 35.7 Å². The Morgan fingerprint density at radius 1 is 1.29 bits per heavy atom. The van der Waals surface area contributed by atoms with Gasteiger partial charge in [-0.2, -0.15) is 10.2 Å². The highest BCUT2D eigenvalue weighted by molar-refractivity contribution is 6.17. The number of urea groups is 1.